The van der Waals surface area contributed by atoms with Gasteiger partial charge in [0.2, 0.25) is 0 Å². The number of nitrogens with zero attached hydrogens (tertiary/aromatic N) is 2. The Balaban J connectivity index is 1.91. The lowest BCUT2D eigenvalue weighted by atomic mass is 10.1. The molecule has 27 heavy (non-hydrogen) atoms. The minimum atomic E-state index is -0.465. The van der Waals surface area contributed by atoms with Crippen molar-refractivity contribution >= 4 is 17.7 Å². The van der Waals surface area contributed by atoms with Crippen LogP contribution in [0.2, 0.25) is 0 Å². The van der Waals surface area contributed by atoms with Gasteiger partial charge in [0.1, 0.15) is 10.9 Å². The summed E-state index contributed by atoms with van der Waals surface area (Å²) in [5.41, 5.74) is 2.08. The van der Waals surface area contributed by atoms with Crippen LogP contribution in [0.5, 0.6) is 0 Å². The lowest BCUT2D eigenvalue weighted by molar-refractivity contribution is -0.147. The predicted octanol–water partition coefficient (Wildman–Crippen LogP) is 4.93. The number of imidazole rings is 1. The number of rotatable bonds is 7. The van der Waals surface area contributed by atoms with Gasteiger partial charge in [0.15, 0.2) is 6.10 Å². The third-order valence-electron chi connectivity index (χ3n) is 4.03. The third-order valence-corrected chi connectivity index (χ3v) is 5.05. The number of hydrogen-bond donors (Lipinski definition) is 1. The maximum atomic E-state index is 11.7. The second kappa shape index (κ2) is 8.86. The Morgan fingerprint density at radius 2 is 1.85 bits per heavy atom. The average Bonchev–Trinajstić information content (AvgIpc) is 3.07. The van der Waals surface area contributed by atoms with E-state index in [1.165, 1.54) is 6.92 Å². The first-order valence-corrected chi connectivity index (χ1v) is 9.73. The fourth-order valence-corrected chi connectivity index (χ4v) is 3.80. The second-order valence-corrected chi connectivity index (χ2v) is 7.63. The summed E-state index contributed by atoms with van der Waals surface area (Å²) in [5, 5.41) is 0.915. The molecule has 5 nitrogen and oxygen atoms in total. The Morgan fingerprint density at radius 3 is 2.48 bits per heavy atom. The molecule has 1 N–H and O–H groups in total. The topological polar surface area (TPSA) is 67.9 Å². The third kappa shape index (κ3) is 5.20. The number of aromatic nitrogens is 3. The molecule has 3 rings (SSSR count). The molecule has 0 radical (unpaired) electrons. The van der Waals surface area contributed by atoms with E-state index in [-0.39, 0.29) is 11.9 Å². The van der Waals surface area contributed by atoms with Crippen molar-refractivity contribution in [3.05, 3.63) is 71.9 Å². The van der Waals surface area contributed by atoms with Crippen molar-refractivity contribution < 1.29 is 9.53 Å². The van der Waals surface area contributed by atoms with Gasteiger partial charge in [-0.1, -0.05) is 43.8 Å². The van der Waals surface area contributed by atoms with Crippen LogP contribution in [0, 0.1) is 0 Å². The van der Waals surface area contributed by atoms with E-state index in [0.717, 1.165) is 21.2 Å². The fraction of sp³-hybridized carbons (Fsp3) is 0.286. The lowest BCUT2D eigenvalue weighted by Crippen LogP contribution is -2.13. The maximum Gasteiger partial charge on any atom is 0.303 e. The van der Waals surface area contributed by atoms with Crippen LogP contribution in [0.3, 0.4) is 0 Å². The molecule has 0 fully saturated rings. The first-order valence-electron chi connectivity index (χ1n) is 8.91. The molecule has 2 aromatic heterocycles. The summed E-state index contributed by atoms with van der Waals surface area (Å²) in [6.45, 7) is 5.66. The Labute approximate surface area is 163 Å². The van der Waals surface area contributed by atoms with Crippen molar-refractivity contribution in [2.45, 2.75) is 49.1 Å². The number of carbonyl (C=O) groups is 1. The standard InChI is InChI=1S/C21H23N3O2S/c1-14(2)19-21(27-17-7-5-4-6-8-17)24-20(23-19)18(26-15(3)25)13-16-9-11-22-12-10-16/h4-12,14,18H,13H2,1-3H3,(H,23,24). The quantitative estimate of drug-likeness (QED) is 0.588. The molecule has 6 heteroatoms. The molecule has 0 aliphatic heterocycles. The van der Waals surface area contributed by atoms with E-state index in [9.17, 15) is 4.79 Å². The van der Waals surface area contributed by atoms with E-state index in [1.807, 2.05) is 30.3 Å². The van der Waals surface area contributed by atoms with Crippen LogP contribution in [-0.2, 0) is 16.0 Å². The zero-order valence-corrected chi connectivity index (χ0v) is 16.5. The van der Waals surface area contributed by atoms with Gasteiger partial charge in [-0.15, -0.1) is 0 Å². The van der Waals surface area contributed by atoms with Gasteiger partial charge in [0.05, 0.1) is 5.69 Å². The zero-order valence-electron chi connectivity index (χ0n) is 15.7. The van der Waals surface area contributed by atoms with Crippen LogP contribution in [0.25, 0.3) is 0 Å². The molecule has 140 valence electrons. The summed E-state index contributed by atoms with van der Waals surface area (Å²) in [6, 6.07) is 14.0. The fourth-order valence-electron chi connectivity index (χ4n) is 2.74. The molecule has 0 spiro atoms. The number of carbonyl (C=O) groups excluding carboxylic acids is 1. The van der Waals surface area contributed by atoms with Crippen molar-refractivity contribution in [2.24, 2.45) is 0 Å². The van der Waals surface area contributed by atoms with Crippen LogP contribution < -0.4 is 0 Å². The number of benzene rings is 1. The molecule has 1 aromatic carbocycles. The van der Waals surface area contributed by atoms with Crippen molar-refractivity contribution in [1.29, 1.82) is 0 Å². The highest BCUT2D eigenvalue weighted by Gasteiger charge is 2.23. The molecule has 2 heterocycles. The van der Waals surface area contributed by atoms with Crippen LogP contribution in [0.4, 0.5) is 0 Å². The summed E-state index contributed by atoms with van der Waals surface area (Å²) < 4.78 is 5.58. The van der Waals surface area contributed by atoms with E-state index in [0.29, 0.717) is 12.2 Å². The van der Waals surface area contributed by atoms with Crippen molar-refractivity contribution in [1.82, 2.24) is 15.0 Å². The Bertz CT molecular complexity index is 879. The number of aromatic amines is 1. The second-order valence-electron chi connectivity index (χ2n) is 6.57. The van der Waals surface area contributed by atoms with Gasteiger partial charge >= 0.3 is 5.97 Å². The van der Waals surface area contributed by atoms with Crippen LogP contribution in [-0.4, -0.2) is 20.9 Å². The van der Waals surface area contributed by atoms with Gasteiger partial charge in [-0.05, 0) is 35.7 Å². The molecular formula is C21H23N3O2S. The predicted molar refractivity (Wildman–Crippen MR) is 106 cm³/mol. The highest BCUT2D eigenvalue weighted by Crippen LogP contribution is 2.34. The normalized spacial score (nSPS) is 12.1. The van der Waals surface area contributed by atoms with Crippen molar-refractivity contribution in [3.63, 3.8) is 0 Å². The molecule has 0 aliphatic carbocycles. The maximum absolute atomic E-state index is 11.7. The van der Waals surface area contributed by atoms with Gasteiger partial charge in [-0.2, -0.15) is 0 Å². The van der Waals surface area contributed by atoms with Crippen LogP contribution >= 0.6 is 11.8 Å². The number of ether oxygens (including phenoxy) is 1. The summed E-state index contributed by atoms with van der Waals surface area (Å²) in [7, 11) is 0. The van der Waals surface area contributed by atoms with Gasteiger partial charge in [-0.25, -0.2) is 4.98 Å². The van der Waals surface area contributed by atoms with E-state index in [1.54, 1.807) is 24.2 Å². The van der Waals surface area contributed by atoms with Gasteiger partial charge in [-0.3, -0.25) is 9.78 Å². The van der Waals surface area contributed by atoms with Crippen molar-refractivity contribution in [3.8, 4) is 0 Å². The minimum Gasteiger partial charge on any atom is -0.454 e. The van der Waals surface area contributed by atoms with Crippen molar-refractivity contribution in [2.75, 3.05) is 0 Å². The van der Waals surface area contributed by atoms with Crippen LogP contribution in [0.1, 0.15) is 49.9 Å². The van der Waals surface area contributed by atoms with E-state index < -0.39 is 6.10 Å². The molecule has 0 saturated heterocycles. The number of pyridine rings is 1. The highest BCUT2D eigenvalue weighted by atomic mass is 32.2. The first-order chi connectivity index (χ1) is 13.0. The van der Waals surface area contributed by atoms with E-state index >= 15 is 0 Å². The van der Waals surface area contributed by atoms with E-state index in [4.69, 9.17) is 9.72 Å². The first kappa shape index (κ1) is 19.2. The molecule has 0 saturated carbocycles. The molecule has 1 unspecified atom stereocenters. The number of esters is 1. The number of hydrogen-bond acceptors (Lipinski definition) is 5. The Morgan fingerprint density at radius 1 is 1.15 bits per heavy atom. The minimum absolute atomic E-state index is 0.274. The Hall–Kier alpha value is -2.60. The molecule has 0 aliphatic rings. The molecule has 0 amide bonds. The van der Waals surface area contributed by atoms with Gasteiger partial charge < -0.3 is 9.72 Å². The number of nitrogens with one attached hydrogen (secondary N) is 1. The van der Waals surface area contributed by atoms with Gasteiger partial charge in [0.25, 0.3) is 0 Å². The highest BCUT2D eigenvalue weighted by molar-refractivity contribution is 7.99. The van der Waals surface area contributed by atoms with Gasteiger partial charge in [0, 0.05) is 30.6 Å². The molecule has 0 bridgehead atoms. The molecule has 1 atom stereocenters. The van der Waals surface area contributed by atoms with Crippen LogP contribution in [0.15, 0.2) is 64.8 Å². The number of H-pyrrole nitrogens is 1. The zero-order chi connectivity index (χ0) is 19.2. The summed E-state index contributed by atoms with van der Waals surface area (Å²) in [6.07, 6.45) is 3.55. The summed E-state index contributed by atoms with van der Waals surface area (Å²) in [4.78, 5) is 25.0. The molecular weight excluding hydrogens is 358 g/mol. The summed E-state index contributed by atoms with van der Waals surface area (Å²) >= 11 is 1.61. The lowest BCUT2D eigenvalue weighted by Gasteiger charge is -2.15. The smallest absolute Gasteiger partial charge is 0.303 e. The average molecular weight is 382 g/mol. The monoisotopic (exact) mass is 381 g/mol. The van der Waals surface area contributed by atoms with E-state index in [2.05, 4.69) is 35.9 Å². The Kier molecular flexibility index (Phi) is 6.29. The molecule has 3 aromatic rings. The largest absolute Gasteiger partial charge is 0.454 e. The SMILES string of the molecule is CC(=O)OC(Cc1ccncc1)c1nc(Sc2ccccc2)c(C(C)C)[nH]1. The summed E-state index contributed by atoms with van der Waals surface area (Å²) in [5.74, 6) is 0.620.